The minimum atomic E-state index is -3.91. The van der Waals surface area contributed by atoms with E-state index >= 15 is 0 Å². The van der Waals surface area contributed by atoms with E-state index in [-0.39, 0.29) is 10.5 Å². The second kappa shape index (κ2) is 6.09. The summed E-state index contributed by atoms with van der Waals surface area (Å²) in [5.74, 6) is 4.94. The Labute approximate surface area is 150 Å². The Morgan fingerprint density at radius 2 is 1.81 bits per heavy atom. The van der Waals surface area contributed by atoms with Crippen molar-refractivity contribution < 1.29 is 17.7 Å². The molecule has 0 aliphatic heterocycles. The maximum atomic E-state index is 12.4. The van der Waals surface area contributed by atoms with Gasteiger partial charge in [-0.3, -0.25) is 8.77 Å². The molecule has 0 radical (unpaired) electrons. The number of sulfonamides is 1. The van der Waals surface area contributed by atoms with Crippen LogP contribution in [0.3, 0.4) is 0 Å². The fourth-order valence-corrected chi connectivity index (χ4v) is 4.11. The van der Waals surface area contributed by atoms with Crippen LogP contribution < -0.4 is 16.6 Å². The molecule has 0 saturated heterocycles. The molecule has 11 heteroatoms. The Hall–Kier alpha value is -2.41. The number of hydrogen-bond donors (Lipinski definition) is 3. The third kappa shape index (κ3) is 2.58. The molecule has 134 valence electrons. The van der Waals surface area contributed by atoms with Crippen molar-refractivity contribution in [3.8, 4) is 0 Å². The lowest BCUT2D eigenvalue weighted by molar-refractivity contribution is -0.195. The van der Waals surface area contributed by atoms with Crippen LogP contribution in [0.4, 0.5) is 0 Å². The normalized spacial score (nSPS) is 12.4. The lowest BCUT2D eigenvalue weighted by Gasteiger charge is -2.06. The van der Waals surface area contributed by atoms with Crippen molar-refractivity contribution in [2.45, 2.75) is 4.90 Å². The predicted molar refractivity (Wildman–Crippen MR) is 98.3 cm³/mol. The van der Waals surface area contributed by atoms with Crippen LogP contribution in [-0.4, -0.2) is 17.4 Å². The van der Waals surface area contributed by atoms with E-state index in [1.807, 2.05) is 0 Å². The van der Waals surface area contributed by atoms with Gasteiger partial charge in [0.2, 0.25) is 10.0 Å². The Kier molecular flexibility index (Phi) is 3.99. The highest BCUT2D eigenvalue weighted by Gasteiger charge is 2.19. The molecule has 5 N–H and O–H groups in total. The zero-order valence-corrected chi connectivity index (χ0v) is 14.6. The topological polar surface area (TPSA) is 142 Å². The summed E-state index contributed by atoms with van der Waals surface area (Å²) in [6.45, 7) is 0. The van der Waals surface area contributed by atoms with Crippen molar-refractivity contribution in [2.24, 2.45) is 11.0 Å². The molecule has 0 aliphatic rings. The van der Waals surface area contributed by atoms with Crippen LogP contribution in [0.15, 0.2) is 52.2 Å². The summed E-state index contributed by atoms with van der Waals surface area (Å²) in [6.07, 6.45) is 0. The van der Waals surface area contributed by atoms with Gasteiger partial charge < -0.3 is 4.98 Å². The molecule has 2 heterocycles. The van der Waals surface area contributed by atoms with Crippen molar-refractivity contribution in [2.75, 3.05) is 0 Å². The van der Waals surface area contributed by atoms with Gasteiger partial charge in [0.15, 0.2) is 12.2 Å². The monoisotopic (exact) mass is 392 g/mol. The third-order valence-corrected chi connectivity index (χ3v) is 5.61. The van der Waals surface area contributed by atoms with Gasteiger partial charge >= 0.3 is 0 Å². The van der Waals surface area contributed by atoms with Crippen molar-refractivity contribution in [3.05, 3.63) is 52.8 Å². The minimum absolute atomic E-state index is 0.0741. The van der Waals surface area contributed by atoms with E-state index in [0.717, 1.165) is 12.2 Å². The number of aromatic nitrogens is 2. The summed E-state index contributed by atoms with van der Waals surface area (Å²) >= 11 is 0.738. The standard InChI is InChI=1S/C15H12N4O5S2/c16-23-24-25-19-12-7-8(26(17,21)22)5-6-11(12)13-14(19)9-3-1-2-4-10(9)15(20)18-13/h1-7H,16H2,(H,18,20)(H2,17,21,22). The number of hydrogen-bond acceptors (Lipinski definition) is 7. The van der Waals surface area contributed by atoms with E-state index in [1.165, 1.54) is 12.1 Å². The lowest BCUT2D eigenvalue weighted by atomic mass is 10.1. The van der Waals surface area contributed by atoms with Gasteiger partial charge in [0.05, 0.1) is 21.4 Å². The molecule has 4 rings (SSSR count). The summed E-state index contributed by atoms with van der Waals surface area (Å²) in [7, 11) is -3.91. The van der Waals surface area contributed by atoms with Crippen molar-refractivity contribution in [1.82, 2.24) is 8.96 Å². The largest absolute Gasteiger partial charge is 0.320 e. The molecule has 9 nitrogen and oxygen atoms in total. The van der Waals surface area contributed by atoms with E-state index in [4.69, 9.17) is 15.4 Å². The van der Waals surface area contributed by atoms with E-state index < -0.39 is 10.0 Å². The number of pyridine rings is 1. The van der Waals surface area contributed by atoms with Gasteiger partial charge in [-0.1, -0.05) is 18.2 Å². The van der Waals surface area contributed by atoms with Crippen LogP contribution >= 0.6 is 12.2 Å². The van der Waals surface area contributed by atoms with Crippen LogP contribution in [0.2, 0.25) is 0 Å². The molecule has 0 unspecified atom stereocenters. The first-order chi connectivity index (χ1) is 12.4. The van der Waals surface area contributed by atoms with Crippen LogP contribution in [-0.2, 0) is 19.3 Å². The number of nitrogens with two attached hydrogens (primary N) is 2. The second-order valence-electron chi connectivity index (χ2n) is 5.48. The first-order valence-electron chi connectivity index (χ1n) is 7.24. The smallest absolute Gasteiger partial charge is 0.256 e. The zero-order valence-electron chi connectivity index (χ0n) is 13.0. The Morgan fingerprint density at radius 3 is 2.50 bits per heavy atom. The quantitative estimate of drug-likeness (QED) is 0.271. The van der Waals surface area contributed by atoms with Gasteiger partial charge in [0.25, 0.3) is 5.56 Å². The average Bonchev–Trinajstić information content (AvgIpc) is 2.92. The van der Waals surface area contributed by atoms with E-state index in [0.29, 0.717) is 32.7 Å². The number of aromatic amines is 1. The van der Waals surface area contributed by atoms with Gasteiger partial charge in [-0.05, 0) is 24.3 Å². The maximum absolute atomic E-state index is 12.4. The summed E-state index contributed by atoms with van der Waals surface area (Å²) in [5.41, 5.74) is 1.34. The SMILES string of the molecule is NOOSn1c2cc(S(N)(=O)=O)ccc2c2[nH]c(=O)c3ccccc3c21. The highest BCUT2D eigenvalue weighted by Crippen LogP contribution is 2.35. The number of primary sulfonamides is 1. The first kappa shape index (κ1) is 17.0. The number of H-pyrrole nitrogens is 1. The maximum Gasteiger partial charge on any atom is 0.256 e. The molecular weight excluding hydrogens is 380 g/mol. The summed E-state index contributed by atoms with van der Waals surface area (Å²) in [5, 5.41) is 6.98. The number of nitrogens with one attached hydrogen (secondary N) is 1. The number of fused-ring (bicyclic) bond motifs is 5. The average molecular weight is 392 g/mol. The molecule has 0 atom stereocenters. The molecule has 2 aromatic carbocycles. The molecule has 0 saturated carbocycles. The van der Waals surface area contributed by atoms with Crippen LogP contribution in [0.25, 0.3) is 32.7 Å². The number of benzene rings is 2. The van der Waals surface area contributed by atoms with Crippen LogP contribution in [0.1, 0.15) is 0 Å². The Morgan fingerprint density at radius 1 is 1.08 bits per heavy atom. The lowest BCUT2D eigenvalue weighted by Crippen LogP contribution is -2.11. The Balaban J connectivity index is 2.23. The molecule has 0 bridgehead atoms. The van der Waals surface area contributed by atoms with Crippen molar-refractivity contribution >= 4 is 55.0 Å². The van der Waals surface area contributed by atoms with Crippen molar-refractivity contribution in [3.63, 3.8) is 0 Å². The van der Waals surface area contributed by atoms with Gasteiger partial charge in [-0.15, -0.1) is 9.32 Å². The fourth-order valence-electron chi connectivity index (χ4n) is 2.98. The van der Waals surface area contributed by atoms with Crippen LogP contribution in [0.5, 0.6) is 0 Å². The second-order valence-corrected chi connectivity index (χ2v) is 7.69. The van der Waals surface area contributed by atoms with E-state index in [9.17, 15) is 13.2 Å². The summed E-state index contributed by atoms with van der Waals surface area (Å²) in [6, 6.07) is 11.4. The summed E-state index contributed by atoms with van der Waals surface area (Å²) in [4.78, 5) is 19.4. The molecule has 0 aliphatic carbocycles. The molecular formula is C15H12N4O5S2. The Bertz CT molecular complexity index is 1330. The van der Waals surface area contributed by atoms with E-state index in [1.54, 1.807) is 34.3 Å². The molecule has 0 fully saturated rings. The zero-order chi connectivity index (χ0) is 18.5. The molecule has 4 aromatic rings. The van der Waals surface area contributed by atoms with Gasteiger partial charge in [-0.25, -0.2) is 13.6 Å². The highest BCUT2D eigenvalue weighted by atomic mass is 32.2. The van der Waals surface area contributed by atoms with Crippen LogP contribution in [0, 0.1) is 0 Å². The molecule has 2 aromatic heterocycles. The number of nitrogens with zero attached hydrogens (tertiary/aromatic N) is 1. The van der Waals surface area contributed by atoms with Crippen molar-refractivity contribution in [1.29, 1.82) is 0 Å². The highest BCUT2D eigenvalue weighted by molar-refractivity contribution is 7.93. The third-order valence-electron chi connectivity index (χ3n) is 4.04. The molecule has 26 heavy (non-hydrogen) atoms. The van der Waals surface area contributed by atoms with Gasteiger partial charge in [-0.2, -0.15) is 5.90 Å². The number of rotatable bonds is 4. The summed E-state index contributed by atoms with van der Waals surface area (Å²) < 4.78 is 29.8. The van der Waals surface area contributed by atoms with E-state index in [2.05, 4.69) is 9.97 Å². The van der Waals surface area contributed by atoms with Gasteiger partial charge in [0.1, 0.15) is 0 Å². The minimum Gasteiger partial charge on any atom is -0.320 e. The fraction of sp³-hybridized carbons (Fsp3) is 0. The van der Waals surface area contributed by atoms with Gasteiger partial charge in [0, 0.05) is 16.2 Å². The molecule has 0 amide bonds. The predicted octanol–water partition coefficient (Wildman–Crippen LogP) is 1.52. The molecule has 0 spiro atoms. The first-order valence-corrected chi connectivity index (χ1v) is 9.49.